The van der Waals surface area contributed by atoms with Crippen molar-refractivity contribution in [1.82, 2.24) is 19.7 Å². The Morgan fingerprint density at radius 3 is 2.68 bits per heavy atom. The molecule has 7 heteroatoms. The van der Waals surface area contributed by atoms with Gasteiger partial charge in [-0.15, -0.1) is 0 Å². The molecule has 0 saturated heterocycles. The molecule has 0 aliphatic heterocycles. The van der Waals surface area contributed by atoms with Crippen LogP contribution in [0.15, 0.2) is 47.5 Å². The summed E-state index contributed by atoms with van der Waals surface area (Å²) in [6.07, 6.45) is 5.92. The van der Waals surface area contributed by atoms with Gasteiger partial charge in [-0.2, -0.15) is 5.10 Å². The Morgan fingerprint density at radius 2 is 2.05 bits per heavy atom. The highest BCUT2D eigenvalue weighted by Gasteiger charge is 2.20. The van der Waals surface area contributed by atoms with E-state index in [1.807, 2.05) is 0 Å². The number of furan rings is 1. The van der Waals surface area contributed by atoms with E-state index in [0.29, 0.717) is 11.7 Å². The van der Waals surface area contributed by atoms with Gasteiger partial charge in [-0.25, -0.2) is 19.4 Å². The molecule has 0 atom stereocenters. The van der Waals surface area contributed by atoms with Crippen LogP contribution in [0, 0.1) is 0 Å². The van der Waals surface area contributed by atoms with Crippen molar-refractivity contribution in [3.05, 3.63) is 48.6 Å². The van der Waals surface area contributed by atoms with Gasteiger partial charge in [0, 0.05) is 18.6 Å². The number of aromatic nitrogens is 4. The number of aromatic carboxylic acids is 1. The van der Waals surface area contributed by atoms with E-state index in [1.165, 1.54) is 17.1 Å². The van der Waals surface area contributed by atoms with Gasteiger partial charge in [-0.1, -0.05) is 0 Å². The van der Waals surface area contributed by atoms with Crippen LogP contribution in [0.3, 0.4) is 0 Å². The molecule has 3 aromatic heterocycles. The number of hydrogen-bond acceptors (Lipinski definition) is 5. The highest BCUT2D eigenvalue weighted by atomic mass is 16.4. The van der Waals surface area contributed by atoms with Gasteiger partial charge >= 0.3 is 5.97 Å². The third-order valence-corrected chi connectivity index (χ3v) is 2.46. The molecule has 0 saturated carbocycles. The van der Waals surface area contributed by atoms with Gasteiger partial charge in [0.05, 0.1) is 6.26 Å². The molecule has 0 unspecified atom stereocenters. The van der Waals surface area contributed by atoms with Gasteiger partial charge in [0.2, 0.25) is 5.95 Å². The topological polar surface area (TPSA) is 94.0 Å². The van der Waals surface area contributed by atoms with Crippen LogP contribution < -0.4 is 0 Å². The Hall–Kier alpha value is -2.96. The van der Waals surface area contributed by atoms with Crippen molar-refractivity contribution in [3.8, 4) is 17.4 Å². The molecule has 0 spiro atoms. The quantitative estimate of drug-likeness (QED) is 0.765. The van der Waals surface area contributed by atoms with Crippen molar-refractivity contribution < 1.29 is 14.3 Å². The molecule has 0 amide bonds. The zero-order valence-corrected chi connectivity index (χ0v) is 9.59. The molecule has 0 aliphatic carbocycles. The predicted molar refractivity (Wildman–Crippen MR) is 63.8 cm³/mol. The molecule has 3 rings (SSSR count). The SMILES string of the molecule is O=C(O)c1cn(-c2ncccn2)nc1-c1ccco1. The van der Waals surface area contributed by atoms with Crippen molar-refractivity contribution in [1.29, 1.82) is 0 Å². The highest BCUT2D eigenvalue weighted by Crippen LogP contribution is 2.23. The first-order chi connectivity index (χ1) is 9.25. The largest absolute Gasteiger partial charge is 0.478 e. The lowest BCUT2D eigenvalue weighted by Crippen LogP contribution is -2.00. The minimum atomic E-state index is -1.09. The number of carboxylic acid groups (broad SMARTS) is 1. The van der Waals surface area contributed by atoms with Crippen LogP contribution in [-0.4, -0.2) is 30.8 Å². The van der Waals surface area contributed by atoms with E-state index in [2.05, 4.69) is 15.1 Å². The van der Waals surface area contributed by atoms with E-state index in [4.69, 9.17) is 4.42 Å². The number of carboxylic acids is 1. The minimum Gasteiger partial charge on any atom is -0.478 e. The van der Waals surface area contributed by atoms with Gasteiger partial charge in [-0.05, 0) is 18.2 Å². The molecule has 1 N–H and O–H groups in total. The second kappa shape index (κ2) is 4.37. The molecule has 7 nitrogen and oxygen atoms in total. The number of rotatable bonds is 3. The molecule has 3 aromatic rings. The van der Waals surface area contributed by atoms with Crippen LogP contribution in [0.4, 0.5) is 0 Å². The first-order valence-corrected chi connectivity index (χ1v) is 5.40. The molecule has 19 heavy (non-hydrogen) atoms. The van der Waals surface area contributed by atoms with E-state index >= 15 is 0 Å². The Kier molecular flexibility index (Phi) is 2.57. The number of hydrogen-bond donors (Lipinski definition) is 1. The summed E-state index contributed by atoms with van der Waals surface area (Å²) in [5.41, 5.74) is 0.271. The first kappa shape index (κ1) is 11.1. The lowest BCUT2D eigenvalue weighted by Gasteiger charge is -1.96. The maximum atomic E-state index is 11.2. The average molecular weight is 256 g/mol. The molecule has 94 valence electrons. The molecular weight excluding hydrogens is 248 g/mol. The molecular formula is C12H8N4O3. The summed E-state index contributed by atoms with van der Waals surface area (Å²) in [6.45, 7) is 0. The lowest BCUT2D eigenvalue weighted by atomic mass is 10.2. The van der Waals surface area contributed by atoms with Crippen molar-refractivity contribution >= 4 is 5.97 Å². The van der Waals surface area contributed by atoms with Crippen molar-refractivity contribution in [2.24, 2.45) is 0 Å². The molecule has 0 aliphatic rings. The highest BCUT2D eigenvalue weighted by molar-refractivity contribution is 5.93. The van der Waals surface area contributed by atoms with Crippen molar-refractivity contribution in [3.63, 3.8) is 0 Å². The number of nitrogens with zero attached hydrogens (tertiary/aromatic N) is 4. The van der Waals surface area contributed by atoms with Crippen LogP contribution >= 0.6 is 0 Å². The lowest BCUT2D eigenvalue weighted by molar-refractivity contribution is 0.0697. The summed E-state index contributed by atoms with van der Waals surface area (Å²) < 4.78 is 6.49. The molecule has 0 radical (unpaired) electrons. The van der Waals surface area contributed by atoms with E-state index < -0.39 is 5.97 Å². The monoisotopic (exact) mass is 256 g/mol. The normalized spacial score (nSPS) is 10.5. The third-order valence-electron chi connectivity index (χ3n) is 2.46. The Bertz CT molecular complexity index is 704. The van der Waals surface area contributed by atoms with Gasteiger partial charge in [0.25, 0.3) is 0 Å². The molecule has 0 fully saturated rings. The maximum Gasteiger partial charge on any atom is 0.339 e. The minimum absolute atomic E-state index is 0.0300. The van der Waals surface area contributed by atoms with E-state index in [9.17, 15) is 9.90 Å². The zero-order valence-electron chi connectivity index (χ0n) is 9.59. The van der Waals surface area contributed by atoms with Gasteiger partial charge in [0.15, 0.2) is 5.76 Å². The number of carbonyl (C=O) groups is 1. The molecule has 3 heterocycles. The fraction of sp³-hybridized carbons (Fsp3) is 0. The standard InChI is InChI=1S/C12H8N4O3/c17-11(18)8-7-16(12-13-4-2-5-14-12)15-10(8)9-3-1-6-19-9/h1-7H,(H,17,18). The molecule has 0 aromatic carbocycles. The van der Waals surface area contributed by atoms with Crippen molar-refractivity contribution in [2.45, 2.75) is 0 Å². The Morgan fingerprint density at radius 1 is 1.26 bits per heavy atom. The van der Waals surface area contributed by atoms with E-state index in [-0.39, 0.29) is 11.3 Å². The van der Waals surface area contributed by atoms with E-state index in [1.54, 1.807) is 30.6 Å². The van der Waals surface area contributed by atoms with Gasteiger partial charge in [-0.3, -0.25) is 0 Å². The maximum absolute atomic E-state index is 11.2. The summed E-state index contributed by atoms with van der Waals surface area (Å²) in [5.74, 6) is -0.413. The van der Waals surface area contributed by atoms with Crippen LogP contribution in [0.25, 0.3) is 17.4 Å². The summed E-state index contributed by atoms with van der Waals surface area (Å²) in [5, 5.41) is 13.4. The van der Waals surface area contributed by atoms with Crippen LogP contribution in [0.5, 0.6) is 0 Å². The Labute approximate surface area is 107 Å². The third kappa shape index (κ3) is 1.97. The van der Waals surface area contributed by atoms with Crippen LogP contribution in [-0.2, 0) is 0 Å². The fourth-order valence-electron chi connectivity index (χ4n) is 1.64. The van der Waals surface area contributed by atoms with Crippen LogP contribution in [0.1, 0.15) is 10.4 Å². The summed E-state index contributed by atoms with van der Waals surface area (Å²) in [4.78, 5) is 19.2. The second-order valence-corrected chi connectivity index (χ2v) is 3.67. The summed E-state index contributed by atoms with van der Waals surface area (Å²) >= 11 is 0. The van der Waals surface area contributed by atoms with Gasteiger partial charge < -0.3 is 9.52 Å². The smallest absolute Gasteiger partial charge is 0.339 e. The Balaban J connectivity index is 2.15. The summed E-state index contributed by atoms with van der Waals surface area (Å²) in [7, 11) is 0. The first-order valence-electron chi connectivity index (χ1n) is 5.40. The van der Waals surface area contributed by atoms with Gasteiger partial charge in [0.1, 0.15) is 11.3 Å². The summed E-state index contributed by atoms with van der Waals surface area (Å²) in [6, 6.07) is 4.97. The van der Waals surface area contributed by atoms with E-state index in [0.717, 1.165) is 0 Å². The van der Waals surface area contributed by atoms with Crippen molar-refractivity contribution in [2.75, 3.05) is 0 Å². The van der Waals surface area contributed by atoms with Crippen LogP contribution in [0.2, 0.25) is 0 Å². The zero-order chi connectivity index (χ0) is 13.2. The second-order valence-electron chi connectivity index (χ2n) is 3.67. The fourth-order valence-corrected chi connectivity index (χ4v) is 1.64. The molecule has 0 bridgehead atoms. The average Bonchev–Trinajstić information content (AvgIpc) is 3.08. The predicted octanol–water partition coefficient (Wildman–Crippen LogP) is 1.62.